The SMILES string of the molecule is CCC[O][Zr]([O]CCC)[O]Cc1c(F)c(F)c(C)c(F)c1F. The van der Waals surface area contributed by atoms with Gasteiger partial charge in [0.25, 0.3) is 0 Å². The zero-order valence-electron chi connectivity index (χ0n) is 12.8. The molecule has 8 heteroatoms. The Balaban J connectivity index is 2.84. The molecule has 22 heavy (non-hydrogen) atoms. The number of halogens is 4. The molecule has 0 aliphatic rings. The summed E-state index contributed by atoms with van der Waals surface area (Å²) < 4.78 is 70.5. The van der Waals surface area contributed by atoms with E-state index < -0.39 is 64.1 Å². The summed E-state index contributed by atoms with van der Waals surface area (Å²) in [6.07, 6.45) is 1.47. The van der Waals surface area contributed by atoms with Crippen LogP contribution < -0.4 is 0 Å². The molecule has 0 atom stereocenters. The Morgan fingerprint density at radius 2 is 1.23 bits per heavy atom. The Labute approximate surface area is 137 Å². The summed E-state index contributed by atoms with van der Waals surface area (Å²) in [4.78, 5) is 0. The zero-order valence-corrected chi connectivity index (χ0v) is 15.2. The molecule has 0 unspecified atom stereocenters. The van der Waals surface area contributed by atoms with Crippen LogP contribution in [0.3, 0.4) is 0 Å². The molecule has 0 aliphatic heterocycles. The average molecular weight is 403 g/mol. The van der Waals surface area contributed by atoms with Gasteiger partial charge in [0.2, 0.25) is 0 Å². The summed E-state index contributed by atoms with van der Waals surface area (Å²) in [7, 11) is 0. The fraction of sp³-hybridized carbons (Fsp3) is 0.571. The molecule has 1 aromatic carbocycles. The van der Waals surface area contributed by atoms with E-state index in [9.17, 15) is 17.6 Å². The van der Waals surface area contributed by atoms with E-state index in [1.165, 1.54) is 0 Å². The molecule has 0 N–H and O–H groups in total. The minimum atomic E-state index is -3.21. The van der Waals surface area contributed by atoms with Crippen LogP contribution in [0.25, 0.3) is 0 Å². The molecule has 0 saturated carbocycles. The Bertz CT molecular complexity index is 462. The molecule has 0 aliphatic carbocycles. The Kier molecular flexibility index (Phi) is 8.76. The van der Waals surface area contributed by atoms with Crippen molar-refractivity contribution in [2.45, 2.75) is 40.2 Å². The summed E-state index contributed by atoms with van der Waals surface area (Å²) in [5.74, 6) is -5.70. The second-order valence-electron chi connectivity index (χ2n) is 4.60. The van der Waals surface area contributed by atoms with Crippen molar-refractivity contribution in [3.63, 3.8) is 0 Å². The van der Waals surface area contributed by atoms with Crippen molar-refractivity contribution in [2.75, 3.05) is 13.2 Å². The third-order valence-electron chi connectivity index (χ3n) is 2.76. The van der Waals surface area contributed by atoms with E-state index in [1.807, 2.05) is 13.8 Å². The topological polar surface area (TPSA) is 27.7 Å². The predicted molar refractivity (Wildman–Crippen MR) is 68.3 cm³/mol. The van der Waals surface area contributed by atoms with E-state index in [1.54, 1.807) is 0 Å². The van der Waals surface area contributed by atoms with Gasteiger partial charge in [-0.15, -0.1) is 0 Å². The van der Waals surface area contributed by atoms with Crippen molar-refractivity contribution in [1.82, 2.24) is 0 Å². The van der Waals surface area contributed by atoms with Crippen LogP contribution in [0, 0.1) is 30.2 Å². The molecular weight excluding hydrogens is 383 g/mol. The molecule has 0 bridgehead atoms. The molecular formula is C14H19F4O3Zr. The molecule has 0 spiro atoms. The Morgan fingerprint density at radius 1 is 0.773 bits per heavy atom. The summed E-state index contributed by atoms with van der Waals surface area (Å²) in [5.41, 5.74) is -1.47. The van der Waals surface area contributed by atoms with Gasteiger partial charge in [0.1, 0.15) is 0 Å². The van der Waals surface area contributed by atoms with Gasteiger partial charge in [-0.1, -0.05) is 0 Å². The molecule has 0 heterocycles. The van der Waals surface area contributed by atoms with E-state index >= 15 is 0 Å². The van der Waals surface area contributed by atoms with Crippen LogP contribution in [0.1, 0.15) is 37.8 Å². The van der Waals surface area contributed by atoms with Crippen LogP contribution >= 0.6 is 0 Å². The van der Waals surface area contributed by atoms with E-state index in [4.69, 9.17) is 8.44 Å². The van der Waals surface area contributed by atoms with Crippen LogP contribution in [-0.2, 0) is 38.1 Å². The summed E-state index contributed by atoms with van der Waals surface area (Å²) in [6.45, 7) is 4.95. The van der Waals surface area contributed by atoms with Gasteiger partial charge in [0.15, 0.2) is 0 Å². The van der Waals surface area contributed by atoms with Crippen LogP contribution in [0.4, 0.5) is 17.6 Å². The maximum absolute atomic E-state index is 13.7. The molecule has 3 nitrogen and oxygen atoms in total. The molecule has 0 saturated heterocycles. The molecule has 125 valence electrons. The average Bonchev–Trinajstić information content (AvgIpc) is 2.52. The van der Waals surface area contributed by atoms with Crippen molar-refractivity contribution < 1.29 is 49.1 Å². The van der Waals surface area contributed by atoms with Crippen molar-refractivity contribution in [3.05, 3.63) is 34.4 Å². The fourth-order valence-corrected chi connectivity index (χ4v) is 4.62. The Morgan fingerprint density at radius 3 is 1.64 bits per heavy atom. The van der Waals surface area contributed by atoms with E-state index in [-0.39, 0.29) is 0 Å². The second-order valence-corrected chi connectivity index (χ2v) is 7.95. The third kappa shape index (κ3) is 5.12. The van der Waals surface area contributed by atoms with Crippen molar-refractivity contribution in [1.29, 1.82) is 0 Å². The van der Waals surface area contributed by atoms with Crippen LogP contribution in [0.15, 0.2) is 0 Å². The third-order valence-corrected chi connectivity index (χ3v) is 5.85. The van der Waals surface area contributed by atoms with E-state index in [2.05, 4.69) is 0 Å². The fourth-order valence-electron chi connectivity index (χ4n) is 1.54. The van der Waals surface area contributed by atoms with Crippen molar-refractivity contribution in [2.24, 2.45) is 0 Å². The molecule has 0 fully saturated rings. The van der Waals surface area contributed by atoms with Gasteiger partial charge < -0.3 is 0 Å². The number of benzene rings is 1. The van der Waals surface area contributed by atoms with Crippen molar-refractivity contribution in [3.8, 4) is 0 Å². The van der Waals surface area contributed by atoms with Gasteiger partial charge in [-0.3, -0.25) is 0 Å². The first-order valence-corrected chi connectivity index (χ1v) is 10.0. The molecule has 1 rings (SSSR count). The van der Waals surface area contributed by atoms with E-state index in [0.717, 1.165) is 19.8 Å². The first kappa shape index (κ1) is 19.7. The monoisotopic (exact) mass is 401 g/mol. The van der Waals surface area contributed by atoms with Crippen LogP contribution in [0.2, 0.25) is 0 Å². The normalized spacial score (nSPS) is 11.0. The summed E-state index contributed by atoms with van der Waals surface area (Å²) >= 11 is -3.21. The number of hydrogen-bond acceptors (Lipinski definition) is 3. The van der Waals surface area contributed by atoms with Crippen LogP contribution in [-0.4, -0.2) is 13.2 Å². The summed E-state index contributed by atoms with van der Waals surface area (Å²) in [5, 5.41) is 0. The van der Waals surface area contributed by atoms with Crippen molar-refractivity contribution >= 4 is 0 Å². The van der Waals surface area contributed by atoms with Gasteiger partial charge in [0, 0.05) is 0 Å². The second kappa shape index (κ2) is 9.76. The maximum atomic E-state index is 13.7. The Hall–Kier alpha value is -0.297. The number of rotatable bonds is 9. The molecule has 0 aromatic heterocycles. The zero-order chi connectivity index (χ0) is 16.7. The summed E-state index contributed by atoms with van der Waals surface area (Å²) in [6, 6.07) is 0. The van der Waals surface area contributed by atoms with Crippen LogP contribution in [0.5, 0.6) is 0 Å². The van der Waals surface area contributed by atoms with Gasteiger partial charge in [-0.05, 0) is 0 Å². The first-order chi connectivity index (χ1) is 10.4. The van der Waals surface area contributed by atoms with Gasteiger partial charge in [0.05, 0.1) is 0 Å². The standard InChI is InChI=1S/C8H5F4O.2C3H7O.Zr/c1-3-5(9)7(11)4(2-13)8(12)6(3)10;2*1-2-3-4;/h2H2,1H3;2*2-3H2,1H3;/q3*-1;+3. The van der Waals surface area contributed by atoms with Gasteiger partial charge in [-0.2, -0.15) is 0 Å². The van der Waals surface area contributed by atoms with E-state index in [0.29, 0.717) is 13.2 Å². The quantitative estimate of drug-likeness (QED) is 0.456. The number of hydrogen-bond donors (Lipinski definition) is 0. The van der Waals surface area contributed by atoms with Gasteiger partial charge in [-0.25, -0.2) is 0 Å². The molecule has 0 amide bonds. The van der Waals surface area contributed by atoms with Gasteiger partial charge >= 0.3 is 137 Å². The predicted octanol–water partition coefficient (Wildman–Crippen LogP) is 4.28. The first-order valence-electron chi connectivity index (χ1n) is 7.00. The molecule has 1 aromatic rings. The minimum absolute atomic E-state index is 0.403. The molecule has 0 radical (unpaired) electrons.